The van der Waals surface area contributed by atoms with Crippen LogP contribution in [0.15, 0.2) is 77.7 Å². The molecule has 1 aliphatic heterocycles. The standard InChI is InChI=1S/C26H28N4O2S/c1-20-26(21(2)30(27-20)24-12-4-3-5-13-24)33(31,32)29-17-15-28(16-18-29)19-23-11-8-10-22-9-6-7-14-25(22)23/h3-14H,15-19H2,1-2H3. The molecule has 33 heavy (non-hydrogen) atoms. The van der Waals surface area contributed by atoms with Gasteiger partial charge in [-0.05, 0) is 42.3 Å². The first-order valence-corrected chi connectivity index (χ1v) is 12.7. The second kappa shape index (κ2) is 8.74. The largest absolute Gasteiger partial charge is 0.296 e. The minimum Gasteiger partial charge on any atom is -0.296 e. The van der Waals surface area contributed by atoms with Crippen molar-refractivity contribution < 1.29 is 8.42 Å². The van der Waals surface area contributed by atoms with Gasteiger partial charge in [-0.3, -0.25) is 4.90 Å². The summed E-state index contributed by atoms with van der Waals surface area (Å²) >= 11 is 0. The summed E-state index contributed by atoms with van der Waals surface area (Å²) in [6.07, 6.45) is 0. The lowest BCUT2D eigenvalue weighted by atomic mass is 10.0. The predicted octanol–water partition coefficient (Wildman–Crippen LogP) is 4.15. The first-order chi connectivity index (χ1) is 15.9. The van der Waals surface area contributed by atoms with Gasteiger partial charge >= 0.3 is 0 Å². The van der Waals surface area contributed by atoms with Gasteiger partial charge in [0.1, 0.15) is 4.90 Å². The number of hydrogen-bond donors (Lipinski definition) is 0. The van der Waals surface area contributed by atoms with Gasteiger partial charge in [-0.2, -0.15) is 9.40 Å². The molecule has 0 saturated carbocycles. The molecule has 4 aromatic rings. The summed E-state index contributed by atoms with van der Waals surface area (Å²) in [7, 11) is -3.62. The summed E-state index contributed by atoms with van der Waals surface area (Å²) in [6.45, 7) is 6.78. The molecule has 170 valence electrons. The summed E-state index contributed by atoms with van der Waals surface area (Å²) in [5.41, 5.74) is 3.33. The summed E-state index contributed by atoms with van der Waals surface area (Å²) in [4.78, 5) is 2.66. The maximum absolute atomic E-state index is 13.6. The number of aromatic nitrogens is 2. The van der Waals surface area contributed by atoms with Gasteiger partial charge in [0.15, 0.2) is 0 Å². The van der Waals surface area contributed by atoms with E-state index < -0.39 is 10.0 Å². The van der Waals surface area contributed by atoms with Crippen LogP contribution in [0, 0.1) is 13.8 Å². The fourth-order valence-corrected chi connectivity index (χ4v) is 6.53. The number of para-hydroxylation sites is 1. The van der Waals surface area contributed by atoms with Crippen molar-refractivity contribution in [1.82, 2.24) is 19.0 Å². The number of nitrogens with zero attached hydrogens (tertiary/aromatic N) is 4. The lowest BCUT2D eigenvalue weighted by Crippen LogP contribution is -2.48. The van der Waals surface area contributed by atoms with Crippen LogP contribution in [-0.2, 0) is 16.6 Å². The van der Waals surface area contributed by atoms with Gasteiger partial charge in [-0.15, -0.1) is 0 Å². The van der Waals surface area contributed by atoms with Crippen molar-refractivity contribution in [1.29, 1.82) is 0 Å². The van der Waals surface area contributed by atoms with Crippen LogP contribution in [0.4, 0.5) is 0 Å². The molecule has 1 aromatic heterocycles. The van der Waals surface area contributed by atoms with Gasteiger partial charge < -0.3 is 0 Å². The quantitative estimate of drug-likeness (QED) is 0.449. The lowest BCUT2D eigenvalue weighted by Gasteiger charge is -2.34. The van der Waals surface area contributed by atoms with E-state index in [0.717, 1.165) is 12.2 Å². The summed E-state index contributed by atoms with van der Waals surface area (Å²) in [6, 6.07) is 24.4. The molecule has 0 radical (unpaired) electrons. The highest BCUT2D eigenvalue weighted by Crippen LogP contribution is 2.27. The van der Waals surface area contributed by atoms with Crippen molar-refractivity contribution in [3.05, 3.63) is 89.7 Å². The Balaban J connectivity index is 1.33. The molecule has 1 aliphatic rings. The average molecular weight is 461 g/mol. The molecule has 2 heterocycles. The van der Waals surface area contributed by atoms with Gasteiger partial charge in [0.25, 0.3) is 0 Å². The third-order valence-corrected chi connectivity index (χ3v) is 8.58. The number of benzene rings is 3. The highest BCUT2D eigenvalue weighted by Gasteiger charge is 2.33. The molecule has 0 unspecified atom stereocenters. The smallest absolute Gasteiger partial charge is 0.246 e. The highest BCUT2D eigenvalue weighted by molar-refractivity contribution is 7.89. The SMILES string of the molecule is Cc1nn(-c2ccccc2)c(C)c1S(=O)(=O)N1CCN(Cc2cccc3ccccc23)CC1. The van der Waals surface area contributed by atoms with Gasteiger partial charge in [0.05, 0.1) is 17.1 Å². The molecule has 7 heteroatoms. The maximum Gasteiger partial charge on any atom is 0.246 e. The van der Waals surface area contributed by atoms with E-state index in [1.807, 2.05) is 37.3 Å². The van der Waals surface area contributed by atoms with Crippen LogP contribution in [0.25, 0.3) is 16.5 Å². The zero-order chi connectivity index (χ0) is 23.0. The Hall–Kier alpha value is -3.00. The normalized spacial score (nSPS) is 15.8. The van der Waals surface area contributed by atoms with Crippen LogP contribution in [0.1, 0.15) is 17.0 Å². The first-order valence-electron chi connectivity index (χ1n) is 11.3. The van der Waals surface area contributed by atoms with Crippen molar-refractivity contribution in [2.75, 3.05) is 26.2 Å². The summed E-state index contributed by atoms with van der Waals surface area (Å²) in [5, 5.41) is 7.03. The van der Waals surface area contributed by atoms with E-state index in [1.165, 1.54) is 16.3 Å². The number of fused-ring (bicyclic) bond motifs is 1. The van der Waals surface area contributed by atoms with E-state index in [-0.39, 0.29) is 0 Å². The molecule has 0 aliphatic carbocycles. The van der Waals surface area contributed by atoms with Gasteiger partial charge in [-0.25, -0.2) is 13.1 Å². The third kappa shape index (κ3) is 4.08. The maximum atomic E-state index is 13.6. The van der Waals surface area contributed by atoms with Crippen LogP contribution in [0.5, 0.6) is 0 Å². The van der Waals surface area contributed by atoms with E-state index in [0.29, 0.717) is 42.5 Å². The van der Waals surface area contributed by atoms with Crippen LogP contribution < -0.4 is 0 Å². The van der Waals surface area contributed by atoms with E-state index in [4.69, 9.17) is 0 Å². The van der Waals surface area contributed by atoms with Crippen molar-refractivity contribution in [2.24, 2.45) is 0 Å². The van der Waals surface area contributed by atoms with Crippen LogP contribution in [0.3, 0.4) is 0 Å². The minimum atomic E-state index is -3.62. The molecule has 6 nitrogen and oxygen atoms in total. The number of sulfonamides is 1. The van der Waals surface area contributed by atoms with Gasteiger partial charge in [0, 0.05) is 32.7 Å². The molecular formula is C26H28N4O2S. The monoisotopic (exact) mass is 460 g/mol. The van der Waals surface area contributed by atoms with Crippen molar-refractivity contribution in [2.45, 2.75) is 25.3 Å². The van der Waals surface area contributed by atoms with Crippen LogP contribution in [-0.4, -0.2) is 53.6 Å². The Morgan fingerprint density at radius 1 is 0.818 bits per heavy atom. The molecular weight excluding hydrogens is 432 g/mol. The Morgan fingerprint density at radius 2 is 1.48 bits per heavy atom. The van der Waals surface area contributed by atoms with Crippen molar-refractivity contribution in [3.8, 4) is 5.69 Å². The molecule has 0 spiro atoms. The fraction of sp³-hybridized carbons (Fsp3) is 0.269. The van der Waals surface area contributed by atoms with E-state index >= 15 is 0 Å². The number of hydrogen-bond acceptors (Lipinski definition) is 4. The molecule has 0 amide bonds. The fourth-order valence-electron chi connectivity index (χ4n) is 4.75. The van der Waals surface area contributed by atoms with Crippen molar-refractivity contribution in [3.63, 3.8) is 0 Å². The van der Waals surface area contributed by atoms with Crippen molar-refractivity contribution >= 4 is 20.8 Å². The van der Waals surface area contributed by atoms with E-state index in [1.54, 1.807) is 15.9 Å². The average Bonchev–Trinajstić information content (AvgIpc) is 3.14. The van der Waals surface area contributed by atoms with Gasteiger partial charge in [0.2, 0.25) is 10.0 Å². The Labute approximate surface area is 195 Å². The Morgan fingerprint density at radius 3 is 2.24 bits per heavy atom. The molecule has 1 saturated heterocycles. The highest BCUT2D eigenvalue weighted by atomic mass is 32.2. The first kappa shape index (κ1) is 21.8. The third-order valence-electron chi connectivity index (χ3n) is 6.43. The second-order valence-corrected chi connectivity index (χ2v) is 10.4. The van der Waals surface area contributed by atoms with Crippen LogP contribution in [0.2, 0.25) is 0 Å². The molecule has 3 aromatic carbocycles. The predicted molar refractivity (Wildman–Crippen MR) is 131 cm³/mol. The minimum absolute atomic E-state index is 0.328. The summed E-state index contributed by atoms with van der Waals surface area (Å²) < 4.78 is 30.5. The Kier molecular flexibility index (Phi) is 5.78. The number of rotatable bonds is 5. The zero-order valence-corrected chi connectivity index (χ0v) is 19.8. The molecule has 1 fully saturated rings. The molecule has 0 atom stereocenters. The topological polar surface area (TPSA) is 58.4 Å². The molecule has 0 N–H and O–H groups in total. The van der Waals surface area contributed by atoms with Gasteiger partial charge in [-0.1, -0.05) is 60.7 Å². The summed E-state index contributed by atoms with van der Waals surface area (Å²) in [5.74, 6) is 0. The second-order valence-electron chi connectivity index (χ2n) is 8.57. The number of aryl methyl sites for hydroxylation is 1. The zero-order valence-electron chi connectivity index (χ0n) is 19.0. The van der Waals surface area contributed by atoms with Crippen LogP contribution >= 0.6 is 0 Å². The number of piperazine rings is 1. The molecule has 5 rings (SSSR count). The van der Waals surface area contributed by atoms with E-state index in [2.05, 4.69) is 52.5 Å². The Bertz CT molecular complexity index is 1380. The van der Waals surface area contributed by atoms with E-state index in [9.17, 15) is 8.42 Å². The lowest BCUT2D eigenvalue weighted by molar-refractivity contribution is 0.182. The molecule has 0 bridgehead atoms.